The zero-order chi connectivity index (χ0) is 54.7. The van der Waals surface area contributed by atoms with Crippen LogP contribution < -0.4 is 5.32 Å². The summed E-state index contributed by atoms with van der Waals surface area (Å²) in [5, 5.41) is 76.2. The van der Waals surface area contributed by atoms with E-state index in [4.69, 9.17) is 9.47 Å². The fourth-order valence-electron chi connectivity index (χ4n) is 10.5. The van der Waals surface area contributed by atoms with E-state index < -0.39 is 74.2 Å². The van der Waals surface area contributed by atoms with Crippen molar-refractivity contribution < 1.29 is 50.0 Å². The Hall–Kier alpha value is -1.41. The quantitative estimate of drug-likeness (QED) is 0.0215. The first kappa shape index (κ1) is 71.6. The van der Waals surface area contributed by atoms with Gasteiger partial charge in [-0.15, -0.1) is 0 Å². The van der Waals surface area contributed by atoms with Crippen LogP contribution >= 0.6 is 0 Å². The van der Waals surface area contributed by atoms with Gasteiger partial charge >= 0.3 is 0 Å². The number of carbonyl (C=O) groups is 1. The molecule has 11 heteroatoms. The highest BCUT2D eigenvalue weighted by Crippen LogP contribution is 2.24. The largest absolute Gasteiger partial charge is 0.394 e. The molecule has 0 aromatic rings. The highest BCUT2D eigenvalue weighted by Gasteiger charge is 2.44. The molecular formula is C64H123NO10. The minimum Gasteiger partial charge on any atom is -0.394 e. The van der Waals surface area contributed by atoms with Crippen LogP contribution in [0.15, 0.2) is 24.3 Å². The van der Waals surface area contributed by atoms with Gasteiger partial charge in [-0.3, -0.25) is 4.79 Å². The van der Waals surface area contributed by atoms with Gasteiger partial charge in [-0.05, 0) is 51.4 Å². The Kier molecular flexibility index (Phi) is 50.8. The Balaban J connectivity index is 2.23. The van der Waals surface area contributed by atoms with Gasteiger partial charge in [-0.1, -0.05) is 282 Å². The number of hydrogen-bond donors (Lipinski definition) is 8. The molecule has 1 aliphatic rings. The summed E-state index contributed by atoms with van der Waals surface area (Å²) in [4.78, 5) is 13.2. The predicted octanol–water partition coefficient (Wildman–Crippen LogP) is 14.5. The molecule has 1 saturated heterocycles. The van der Waals surface area contributed by atoms with Crippen LogP contribution in [0, 0.1) is 0 Å². The van der Waals surface area contributed by atoms with Gasteiger partial charge in [0.25, 0.3) is 0 Å². The number of carbonyl (C=O) groups excluding carboxylic acids is 1. The maximum Gasteiger partial charge on any atom is 0.249 e. The van der Waals surface area contributed by atoms with Crippen LogP contribution in [0.2, 0.25) is 0 Å². The number of rotatable bonds is 56. The van der Waals surface area contributed by atoms with Crippen LogP contribution in [0.1, 0.15) is 309 Å². The first-order valence-electron chi connectivity index (χ1n) is 32.2. The molecule has 1 aliphatic heterocycles. The summed E-state index contributed by atoms with van der Waals surface area (Å²) < 4.78 is 11.1. The fourth-order valence-corrected chi connectivity index (χ4v) is 10.5. The number of aliphatic hydroxyl groups excluding tert-OH is 7. The van der Waals surface area contributed by atoms with Gasteiger partial charge in [0, 0.05) is 0 Å². The zero-order valence-corrected chi connectivity index (χ0v) is 48.8. The van der Waals surface area contributed by atoms with Crippen molar-refractivity contribution in [2.24, 2.45) is 0 Å². The molecular weight excluding hydrogens is 943 g/mol. The molecule has 11 nitrogen and oxygen atoms in total. The van der Waals surface area contributed by atoms with Crippen molar-refractivity contribution >= 4 is 5.91 Å². The van der Waals surface area contributed by atoms with E-state index in [9.17, 15) is 40.5 Å². The number of hydrogen-bond acceptors (Lipinski definition) is 10. The summed E-state index contributed by atoms with van der Waals surface area (Å²) in [6.45, 7) is 3.47. The van der Waals surface area contributed by atoms with Gasteiger partial charge < -0.3 is 50.5 Å². The molecule has 0 spiro atoms. The third-order valence-corrected chi connectivity index (χ3v) is 15.7. The van der Waals surface area contributed by atoms with Crippen LogP contribution in [0.4, 0.5) is 0 Å². The normalized spacial score (nSPS) is 19.8. The van der Waals surface area contributed by atoms with E-state index in [0.717, 1.165) is 38.5 Å². The van der Waals surface area contributed by atoms with E-state index in [1.165, 1.54) is 225 Å². The summed E-state index contributed by atoms with van der Waals surface area (Å²) >= 11 is 0. The van der Waals surface area contributed by atoms with Gasteiger partial charge in [0.05, 0.1) is 25.4 Å². The minimum atomic E-state index is -1.67. The van der Waals surface area contributed by atoms with Crippen LogP contribution in [0.25, 0.3) is 0 Å². The summed E-state index contributed by atoms with van der Waals surface area (Å²) in [5.41, 5.74) is 0. The molecule has 75 heavy (non-hydrogen) atoms. The van der Waals surface area contributed by atoms with Crippen molar-refractivity contribution in [1.82, 2.24) is 5.32 Å². The molecule has 0 radical (unpaired) electrons. The van der Waals surface area contributed by atoms with E-state index in [1.54, 1.807) is 0 Å². The van der Waals surface area contributed by atoms with E-state index >= 15 is 0 Å². The molecule has 8 N–H and O–H groups in total. The average Bonchev–Trinajstić information content (AvgIpc) is 3.41. The second-order valence-corrected chi connectivity index (χ2v) is 22.8. The van der Waals surface area contributed by atoms with Gasteiger partial charge in [0.15, 0.2) is 6.29 Å². The second kappa shape index (κ2) is 53.2. The lowest BCUT2D eigenvalue weighted by Gasteiger charge is -2.40. The molecule has 9 atom stereocenters. The molecule has 1 amide bonds. The highest BCUT2D eigenvalue weighted by atomic mass is 16.7. The maximum absolute atomic E-state index is 13.2. The average molecular weight is 1070 g/mol. The Morgan fingerprint density at radius 1 is 0.453 bits per heavy atom. The lowest BCUT2D eigenvalue weighted by molar-refractivity contribution is -0.303. The number of unbranched alkanes of at least 4 members (excludes halogenated alkanes) is 40. The van der Waals surface area contributed by atoms with Crippen molar-refractivity contribution in [3.8, 4) is 0 Å². The lowest BCUT2D eigenvalue weighted by atomic mass is 9.98. The van der Waals surface area contributed by atoms with E-state index in [-0.39, 0.29) is 12.8 Å². The van der Waals surface area contributed by atoms with E-state index in [2.05, 4.69) is 43.5 Å². The first-order chi connectivity index (χ1) is 36.7. The van der Waals surface area contributed by atoms with Crippen LogP contribution in [0.3, 0.4) is 0 Å². The first-order valence-corrected chi connectivity index (χ1v) is 32.2. The Morgan fingerprint density at radius 3 is 1.19 bits per heavy atom. The van der Waals surface area contributed by atoms with Crippen molar-refractivity contribution in [2.45, 2.75) is 364 Å². The zero-order valence-electron chi connectivity index (χ0n) is 48.8. The molecule has 444 valence electrons. The smallest absolute Gasteiger partial charge is 0.249 e. The Bertz CT molecular complexity index is 1270. The molecule has 1 fully saturated rings. The summed E-state index contributed by atoms with van der Waals surface area (Å²) in [5.74, 6) is -0.706. The molecule has 0 bridgehead atoms. The van der Waals surface area contributed by atoms with Crippen LogP contribution in [0.5, 0.6) is 0 Å². The molecule has 0 aromatic heterocycles. The predicted molar refractivity (Wildman–Crippen MR) is 312 cm³/mol. The van der Waals surface area contributed by atoms with Crippen LogP contribution in [-0.4, -0.2) is 110 Å². The highest BCUT2D eigenvalue weighted by molar-refractivity contribution is 5.80. The molecule has 0 aromatic carbocycles. The SMILES string of the molecule is CCCCCCCCCCCCCCCCCCCCCCCCC/C=C/CC/C=C/CCCC(O)C(O)C(COC1OC(CO)C(O)C(O)C1O)NC(=O)C(O)CCCCCCCCCCCCCCCCCC. The van der Waals surface area contributed by atoms with Crippen molar-refractivity contribution in [3.05, 3.63) is 24.3 Å². The number of allylic oxidation sites excluding steroid dienone is 4. The van der Waals surface area contributed by atoms with Crippen molar-refractivity contribution in [3.63, 3.8) is 0 Å². The van der Waals surface area contributed by atoms with Gasteiger partial charge in [0.2, 0.25) is 5.91 Å². The topological polar surface area (TPSA) is 189 Å². The minimum absolute atomic E-state index is 0.249. The van der Waals surface area contributed by atoms with Gasteiger partial charge in [-0.25, -0.2) is 0 Å². The monoisotopic (exact) mass is 1070 g/mol. The number of nitrogens with one attached hydrogen (secondary N) is 1. The second-order valence-electron chi connectivity index (χ2n) is 22.8. The number of aliphatic hydroxyl groups is 7. The fraction of sp³-hybridized carbons (Fsp3) is 0.922. The molecule has 0 aliphatic carbocycles. The number of ether oxygens (including phenoxy) is 2. The molecule has 9 unspecified atom stereocenters. The Labute approximate surface area is 461 Å². The summed E-state index contributed by atoms with van der Waals surface area (Å²) in [6, 6.07) is -1.19. The number of amides is 1. The van der Waals surface area contributed by atoms with Crippen LogP contribution in [-0.2, 0) is 14.3 Å². The summed E-state index contributed by atoms with van der Waals surface area (Å²) in [7, 11) is 0. The standard InChI is InChI=1S/C64H123NO10/c1-3-5-7-9-11-13-15-17-19-21-22-23-24-25-26-27-28-29-30-31-32-33-34-35-36-38-39-41-43-45-47-49-51-56(67)59(69)55(54-74-64-62(72)61(71)60(70)58(53-66)75-64)65-63(73)57(68)52-50-48-46-44-42-40-37-20-18-16-14-12-10-8-6-4-2/h36,38,43,45,55-62,64,66-72H,3-35,37,39-42,44,46-54H2,1-2H3,(H,65,73)/b38-36+,45-43+. The third-order valence-electron chi connectivity index (χ3n) is 15.7. The molecule has 1 rings (SSSR count). The van der Waals surface area contributed by atoms with Crippen molar-refractivity contribution in [2.75, 3.05) is 13.2 Å². The van der Waals surface area contributed by atoms with Crippen molar-refractivity contribution in [1.29, 1.82) is 0 Å². The van der Waals surface area contributed by atoms with E-state index in [0.29, 0.717) is 19.3 Å². The van der Waals surface area contributed by atoms with Gasteiger partial charge in [-0.2, -0.15) is 0 Å². The molecule has 0 saturated carbocycles. The van der Waals surface area contributed by atoms with E-state index in [1.807, 2.05) is 0 Å². The Morgan fingerprint density at radius 2 is 0.800 bits per heavy atom. The lowest BCUT2D eigenvalue weighted by Crippen LogP contribution is -2.60. The maximum atomic E-state index is 13.2. The molecule has 1 heterocycles. The summed E-state index contributed by atoms with van der Waals surface area (Å²) in [6.07, 6.45) is 54.1. The van der Waals surface area contributed by atoms with Gasteiger partial charge in [0.1, 0.15) is 36.6 Å². The third kappa shape index (κ3) is 41.3.